The summed E-state index contributed by atoms with van der Waals surface area (Å²) in [5.74, 6) is -1.78. The molecule has 0 aromatic heterocycles. The summed E-state index contributed by atoms with van der Waals surface area (Å²) in [4.78, 5) is 21.4. The molecule has 0 spiro atoms. The van der Waals surface area contributed by atoms with Crippen LogP contribution in [-0.4, -0.2) is 35.2 Å². The zero-order valence-electron chi connectivity index (χ0n) is 15.9. The minimum atomic E-state index is -4.86. The summed E-state index contributed by atoms with van der Waals surface area (Å²) in [6.07, 6.45) is -0.875. The average Bonchev–Trinajstić information content (AvgIpc) is 2.42. The number of primary amides is 1. The summed E-state index contributed by atoms with van der Waals surface area (Å²) in [6, 6.07) is 2.27. The fraction of sp³-hybridized carbons (Fsp3) is 0.500. The first-order valence-electron chi connectivity index (χ1n) is 7.81. The summed E-state index contributed by atoms with van der Waals surface area (Å²) >= 11 is 0. The molecule has 152 valence electrons. The minimum Gasteiger partial charge on any atom is -0.425 e. The molecule has 0 radical (unpaired) electrons. The second-order valence-corrected chi connectivity index (χ2v) is 10.7. The Morgan fingerprint density at radius 3 is 1.96 bits per heavy atom. The molecule has 0 saturated heterocycles. The number of ether oxygens (including phenoxy) is 1. The van der Waals surface area contributed by atoms with Crippen LogP contribution in [0, 0.1) is 5.92 Å². The maximum Gasteiger partial charge on any atom is 0.420 e. The van der Waals surface area contributed by atoms with Crippen LogP contribution in [0.4, 0.5) is 4.79 Å². The molecule has 0 heterocycles. The zero-order chi connectivity index (χ0) is 21.4. The van der Waals surface area contributed by atoms with Crippen molar-refractivity contribution in [2.24, 2.45) is 11.7 Å². The Morgan fingerprint density at radius 1 is 1.07 bits per heavy atom. The SMILES string of the molecule is CC(C)C(=O)Oc1c(C(C)(C)C)ccc(S(=O)(=O)OC(N)=O)c1S(C)(=O)=O. The van der Waals surface area contributed by atoms with Gasteiger partial charge in [0, 0.05) is 11.8 Å². The quantitative estimate of drug-likeness (QED) is 0.429. The molecule has 1 aromatic rings. The molecule has 0 saturated carbocycles. The first kappa shape index (κ1) is 22.9. The first-order valence-corrected chi connectivity index (χ1v) is 11.1. The maximum absolute atomic E-state index is 12.4. The van der Waals surface area contributed by atoms with E-state index < -0.39 is 58.9 Å². The third kappa shape index (κ3) is 5.42. The zero-order valence-corrected chi connectivity index (χ0v) is 17.5. The number of amides is 1. The van der Waals surface area contributed by atoms with Crippen LogP contribution in [0.15, 0.2) is 21.9 Å². The van der Waals surface area contributed by atoms with Crippen LogP contribution in [-0.2, 0) is 34.3 Å². The number of benzene rings is 1. The molecule has 0 unspecified atom stereocenters. The Morgan fingerprint density at radius 2 is 1.59 bits per heavy atom. The molecule has 27 heavy (non-hydrogen) atoms. The topological polar surface area (TPSA) is 147 Å². The van der Waals surface area contributed by atoms with Crippen molar-refractivity contribution in [2.45, 2.75) is 49.8 Å². The third-order valence-electron chi connectivity index (χ3n) is 3.39. The van der Waals surface area contributed by atoms with Gasteiger partial charge in [0.25, 0.3) is 0 Å². The molecule has 0 aliphatic rings. The van der Waals surface area contributed by atoms with Gasteiger partial charge in [-0.2, -0.15) is 8.42 Å². The largest absolute Gasteiger partial charge is 0.425 e. The van der Waals surface area contributed by atoms with Crippen molar-refractivity contribution in [3.05, 3.63) is 17.7 Å². The van der Waals surface area contributed by atoms with E-state index in [0.29, 0.717) is 0 Å². The monoisotopic (exact) mass is 421 g/mol. The summed E-state index contributed by atoms with van der Waals surface area (Å²) in [6.45, 7) is 8.27. The van der Waals surface area contributed by atoms with Gasteiger partial charge in [0.05, 0.1) is 5.92 Å². The van der Waals surface area contributed by atoms with Crippen molar-refractivity contribution in [1.29, 1.82) is 0 Å². The predicted molar refractivity (Wildman–Crippen MR) is 96.6 cm³/mol. The predicted octanol–water partition coefficient (Wildman–Crippen LogP) is 1.73. The van der Waals surface area contributed by atoms with Crippen molar-refractivity contribution in [1.82, 2.24) is 0 Å². The van der Waals surface area contributed by atoms with Crippen molar-refractivity contribution in [3.8, 4) is 5.75 Å². The van der Waals surface area contributed by atoms with E-state index in [9.17, 15) is 26.4 Å². The lowest BCUT2D eigenvalue weighted by Crippen LogP contribution is -2.24. The Labute approximate surface area is 158 Å². The second-order valence-electron chi connectivity index (χ2n) is 7.22. The highest BCUT2D eigenvalue weighted by atomic mass is 32.2. The van der Waals surface area contributed by atoms with Gasteiger partial charge < -0.3 is 14.7 Å². The molecule has 0 fully saturated rings. The van der Waals surface area contributed by atoms with Crippen LogP contribution in [0.3, 0.4) is 0 Å². The van der Waals surface area contributed by atoms with E-state index >= 15 is 0 Å². The summed E-state index contributed by atoms with van der Waals surface area (Å²) < 4.78 is 58.8. The lowest BCUT2D eigenvalue weighted by atomic mass is 9.86. The fourth-order valence-corrected chi connectivity index (χ4v) is 4.70. The second kappa shape index (κ2) is 7.47. The van der Waals surface area contributed by atoms with Crippen LogP contribution in [0.25, 0.3) is 0 Å². The molecule has 2 N–H and O–H groups in total. The molecule has 0 aliphatic heterocycles. The molecule has 11 heteroatoms. The van der Waals surface area contributed by atoms with E-state index in [1.54, 1.807) is 20.8 Å². The molecule has 0 atom stereocenters. The number of rotatable bonds is 5. The smallest absolute Gasteiger partial charge is 0.420 e. The highest BCUT2D eigenvalue weighted by molar-refractivity contribution is 7.92. The minimum absolute atomic E-state index is 0.287. The number of carbonyl (C=O) groups is 2. The normalized spacial score (nSPS) is 12.7. The fourth-order valence-electron chi connectivity index (χ4n) is 2.16. The van der Waals surface area contributed by atoms with Crippen LogP contribution in [0.2, 0.25) is 0 Å². The van der Waals surface area contributed by atoms with Crippen LogP contribution in [0.1, 0.15) is 40.2 Å². The van der Waals surface area contributed by atoms with E-state index in [1.165, 1.54) is 19.9 Å². The average molecular weight is 421 g/mol. The van der Waals surface area contributed by atoms with Gasteiger partial charge in [-0.15, -0.1) is 0 Å². The van der Waals surface area contributed by atoms with Crippen molar-refractivity contribution in [2.75, 3.05) is 6.26 Å². The number of hydrogen-bond donors (Lipinski definition) is 1. The first-order chi connectivity index (χ1) is 12.0. The molecular formula is C16H23NO8S2. The molecule has 1 rings (SSSR count). The molecular weight excluding hydrogens is 398 g/mol. The van der Waals surface area contributed by atoms with Crippen LogP contribution in [0.5, 0.6) is 5.75 Å². The molecule has 9 nitrogen and oxygen atoms in total. The standard InChI is InChI=1S/C16H23NO8S2/c1-9(2)14(18)24-12-10(16(3,4)5)7-8-11(13(12)26(6,20)21)27(22,23)25-15(17)19/h7-9H,1-6H3,(H2,17,19). The van der Waals surface area contributed by atoms with Crippen LogP contribution < -0.4 is 10.5 Å². The van der Waals surface area contributed by atoms with E-state index in [1.807, 2.05) is 0 Å². The Bertz CT molecular complexity index is 970. The summed E-state index contributed by atoms with van der Waals surface area (Å²) in [5, 5.41) is 0. The third-order valence-corrected chi connectivity index (χ3v) is 5.93. The van der Waals surface area contributed by atoms with Gasteiger partial charge in [-0.1, -0.05) is 40.7 Å². The van der Waals surface area contributed by atoms with Gasteiger partial charge in [-0.05, 0) is 11.5 Å². The Kier molecular flexibility index (Phi) is 6.33. The lowest BCUT2D eigenvalue weighted by molar-refractivity contribution is -0.138. The van der Waals surface area contributed by atoms with E-state index in [4.69, 9.17) is 10.5 Å². The van der Waals surface area contributed by atoms with E-state index in [0.717, 1.165) is 12.3 Å². The van der Waals surface area contributed by atoms with Gasteiger partial charge in [0.15, 0.2) is 15.6 Å². The highest BCUT2D eigenvalue weighted by Gasteiger charge is 2.35. The number of hydrogen-bond acceptors (Lipinski definition) is 8. The maximum atomic E-state index is 12.4. The summed E-state index contributed by atoms with van der Waals surface area (Å²) in [5.41, 5.74) is 4.35. The molecule has 1 aromatic carbocycles. The number of nitrogens with two attached hydrogens (primary N) is 1. The van der Waals surface area contributed by atoms with Gasteiger partial charge in [-0.3, -0.25) is 4.79 Å². The van der Waals surface area contributed by atoms with E-state index in [2.05, 4.69) is 4.18 Å². The van der Waals surface area contributed by atoms with Crippen LogP contribution >= 0.6 is 0 Å². The van der Waals surface area contributed by atoms with Gasteiger partial charge in [0.1, 0.15) is 9.79 Å². The molecule has 0 aliphatic carbocycles. The summed E-state index contributed by atoms with van der Waals surface area (Å²) in [7, 11) is -9.08. The van der Waals surface area contributed by atoms with Gasteiger partial charge in [0.2, 0.25) is 0 Å². The lowest BCUT2D eigenvalue weighted by Gasteiger charge is -2.25. The van der Waals surface area contributed by atoms with Crippen molar-refractivity contribution in [3.63, 3.8) is 0 Å². The Balaban J connectivity index is 4.01. The van der Waals surface area contributed by atoms with Crippen molar-refractivity contribution < 1.29 is 35.3 Å². The molecule has 0 bridgehead atoms. The van der Waals surface area contributed by atoms with Gasteiger partial charge in [-0.25, -0.2) is 13.2 Å². The van der Waals surface area contributed by atoms with Gasteiger partial charge >= 0.3 is 22.2 Å². The Hall–Kier alpha value is -2.14. The number of carbonyl (C=O) groups excluding carboxylic acids is 2. The molecule has 1 amide bonds. The number of sulfone groups is 1. The van der Waals surface area contributed by atoms with Crippen molar-refractivity contribution >= 4 is 32.0 Å². The number of esters is 1. The van der Waals surface area contributed by atoms with E-state index in [-0.39, 0.29) is 5.56 Å². The highest BCUT2D eigenvalue weighted by Crippen LogP contribution is 2.40.